The summed E-state index contributed by atoms with van der Waals surface area (Å²) in [6, 6.07) is 0.499. The van der Waals surface area contributed by atoms with Gasteiger partial charge >= 0.3 is 0 Å². The molecule has 2 radical (unpaired) electrons. The summed E-state index contributed by atoms with van der Waals surface area (Å²) in [6.45, 7) is 26.2. The van der Waals surface area contributed by atoms with Crippen LogP contribution in [0.25, 0.3) is 11.5 Å². The van der Waals surface area contributed by atoms with E-state index in [1.807, 2.05) is 0 Å². The molecule has 2 unspecified atom stereocenters. The first kappa shape index (κ1) is 67.4. The van der Waals surface area contributed by atoms with Crippen molar-refractivity contribution in [1.82, 2.24) is 0 Å². The van der Waals surface area contributed by atoms with Crippen LogP contribution in [-0.4, -0.2) is 31.1 Å². The van der Waals surface area contributed by atoms with E-state index in [0.29, 0.717) is 11.8 Å². The first-order valence-electron chi connectivity index (χ1n) is 21.3. The SMILES string of the molecule is CC1=[C-]C(C)C(C)=C1C.CC1=[C-]C(C)C(C)=C1C.C[SiH]C.C[SiH]C.[Cl-].[Cl-].[Hf].[Hf].[NH-]C1CCCCCCCCCCC1.[NH-]C1CCCCCCCCCCC1. The Hall–Kier alpha value is 1.63. The Bertz CT molecular complexity index is 842. The maximum Gasteiger partial charge on any atom is 0.0213 e. The first-order chi connectivity index (χ1) is 23.9. The molecule has 0 bridgehead atoms. The molecular weight excluding hydrogens is 1060 g/mol. The van der Waals surface area contributed by atoms with Gasteiger partial charge in [0, 0.05) is 70.7 Å². The van der Waals surface area contributed by atoms with E-state index in [9.17, 15) is 0 Å². The summed E-state index contributed by atoms with van der Waals surface area (Å²) in [7, 11) is 1.50. The monoisotopic (exact) mass is 1150 g/mol. The molecule has 0 aliphatic heterocycles. The maximum absolute atomic E-state index is 7.80. The van der Waals surface area contributed by atoms with Gasteiger partial charge in [-0.25, -0.2) is 11.1 Å². The molecule has 0 amide bonds. The number of halogens is 2. The van der Waals surface area contributed by atoms with Crippen molar-refractivity contribution >= 4 is 19.0 Å². The zero-order chi connectivity index (χ0) is 38.2. The Balaban J connectivity index is -0.000000134. The molecule has 4 aliphatic rings. The van der Waals surface area contributed by atoms with Crippen LogP contribution in [0.5, 0.6) is 0 Å². The molecule has 0 aromatic heterocycles. The van der Waals surface area contributed by atoms with E-state index in [1.165, 1.54) is 149 Å². The van der Waals surface area contributed by atoms with Crippen molar-refractivity contribution < 1.29 is 76.5 Å². The molecule has 0 spiro atoms. The van der Waals surface area contributed by atoms with Gasteiger partial charge in [-0.1, -0.05) is 221 Å². The van der Waals surface area contributed by atoms with Crippen LogP contribution in [0, 0.1) is 24.0 Å². The molecule has 2 atom stereocenters. The second-order valence-corrected chi connectivity index (χ2v) is 18.0. The first-order valence-corrected chi connectivity index (χ1v) is 25.9. The Morgan fingerprint density at radius 3 is 0.685 bits per heavy atom. The van der Waals surface area contributed by atoms with E-state index in [1.54, 1.807) is 0 Å². The Morgan fingerprint density at radius 2 is 0.574 bits per heavy atom. The fourth-order valence-corrected chi connectivity index (χ4v) is 6.65. The Labute approximate surface area is 395 Å². The van der Waals surface area contributed by atoms with Crippen molar-refractivity contribution in [3.8, 4) is 0 Å². The molecule has 2 saturated carbocycles. The van der Waals surface area contributed by atoms with Crippen LogP contribution in [0.3, 0.4) is 0 Å². The quantitative estimate of drug-likeness (QED) is 0.172. The van der Waals surface area contributed by atoms with E-state index in [0.717, 1.165) is 44.7 Å². The number of allylic oxidation sites excluding steroid dienone is 8. The molecule has 2 N–H and O–H groups in total. The number of rotatable bonds is 0. The van der Waals surface area contributed by atoms with Gasteiger partial charge in [0.1, 0.15) is 0 Å². The molecular formula is C46H88Cl2Hf2N2Si2-6. The minimum absolute atomic E-state index is 0. The molecule has 0 aromatic carbocycles. The normalized spacial score (nSPS) is 21.6. The van der Waals surface area contributed by atoms with Gasteiger partial charge in [0.2, 0.25) is 0 Å². The van der Waals surface area contributed by atoms with Crippen molar-refractivity contribution in [3.63, 3.8) is 0 Å². The van der Waals surface area contributed by atoms with E-state index in [-0.39, 0.29) is 88.6 Å². The molecule has 8 heteroatoms. The average molecular weight is 1150 g/mol. The molecule has 318 valence electrons. The van der Waals surface area contributed by atoms with Crippen LogP contribution in [0.4, 0.5) is 0 Å². The van der Waals surface area contributed by atoms with Gasteiger partial charge in [0.25, 0.3) is 0 Å². The molecule has 54 heavy (non-hydrogen) atoms. The van der Waals surface area contributed by atoms with Gasteiger partial charge in [-0.3, -0.25) is 12.2 Å². The van der Waals surface area contributed by atoms with Crippen LogP contribution < -0.4 is 24.8 Å². The zero-order valence-corrected chi connectivity index (χ0v) is 48.8. The molecule has 4 rings (SSSR count). The largest absolute Gasteiger partial charge is 1.00 e. The van der Waals surface area contributed by atoms with Crippen molar-refractivity contribution in [3.05, 3.63) is 57.1 Å². The number of hydrogen-bond donors (Lipinski definition) is 0. The van der Waals surface area contributed by atoms with Gasteiger partial charge in [-0.05, 0) is 0 Å². The molecule has 0 heterocycles. The summed E-state index contributed by atoms with van der Waals surface area (Å²) >= 11 is 0. The summed E-state index contributed by atoms with van der Waals surface area (Å²) < 4.78 is 0. The zero-order valence-electron chi connectivity index (χ0n) is 37.8. The summed E-state index contributed by atoms with van der Waals surface area (Å²) in [5.41, 5.74) is 24.1. The Kier molecular flexibility index (Phi) is 59.1. The summed E-state index contributed by atoms with van der Waals surface area (Å²) in [6.07, 6.45) is 36.3. The smallest absolute Gasteiger partial charge is 0.0213 e. The van der Waals surface area contributed by atoms with Crippen LogP contribution in [0.15, 0.2) is 33.4 Å². The van der Waals surface area contributed by atoms with Crippen LogP contribution in [-0.2, 0) is 51.7 Å². The third-order valence-electron chi connectivity index (χ3n) is 10.7. The molecule has 2 nitrogen and oxygen atoms in total. The second-order valence-electron chi connectivity index (χ2n) is 15.7. The van der Waals surface area contributed by atoms with Gasteiger partial charge in [0.05, 0.1) is 0 Å². The molecule has 4 aliphatic carbocycles. The minimum atomic E-state index is 0. The van der Waals surface area contributed by atoms with Crippen molar-refractivity contribution in [1.29, 1.82) is 0 Å². The molecule has 0 saturated heterocycles. The van der Waals surface area contributed by atoms with Gasteiger partial charge in [-0.2, -0.15) is 22.3 Å². The van der Waals surface area contributed by atoms with E-state index in [4.69, 9.17) is 11.5 Å². The van der Waals surface area contributed by atoms with Crippen molar-refractivity contribution in [2.24, 2.45) is 11.8 Å². The Morgan fingerprint density at radius 1 is 0.407 bits per heavy atom. The number of hydrogen-bond acceptors (Lipinski definition) is 0. The topological polar surface area (TPSA) is 47.6 Å². The third kappa shape index (κ3) is 39.1. The van der Waals surface area contributed by atoms with E-state index >= 15 is 0 Å². The standard InChI is InChI=1S/2C12H24N.2C9H13.2C2H7Si.2ClH.2Hf/c2*13-12-10-8-6-4-2-1-3-5-7-9-11-12;2*1-6-5-7(2)9(4)8(6)3;2*1-3-2;;;;/h2*12-13H,1-11H2;2*6H,1-4H3;2*3H,1-2H3;2*1H;;/q4*-1;;;;;;/p-2. The summed E-state index contributed by atoms with van der Waals surface area (Å²) in [4.78, 5) is 0. The van der Waals surface area contributed by atoms with Crippen LogP contribution in [0.1, 0.15) is 197 Å². The van der Waals surface area contributed by atoms with Gasteiger partial charge < -0.3 is 36.3 Å². The molecule has 0 aromatic rings. The van der Waals surface area contributed by atoms with Gasteiger partial charge in [-0.15, -0.1) is 25.9 Å². The fourth-order valence-electron chi connectivity index (χ4n) is 6.65. The summed E-state index contributed by atoms with van der Waals surface area (Å²) in [5, 5.41) is 0. The maximum atomic E-state index is 7.80. The predicted molar refractivity (Wildman–Crippen MR) is 235 cm³/mol. The van der Waals surface area contributed by atoms with Gasteiger partial charge in [0.15, 0.2) is 0 Å². The second kappa shape index (κ2) is 47.3. The number of nitrogens with one attached hydrogen (secondary N) is 2. The predicted octanol–water partition coefficient (Wildman–Crippen LogP) is 9.91. The third-order valence-corrected chi connectivity index (χ3v) is 10.7. The fraction of sp³-hybridized carbons (Fsp3) is 0.826. The summed E-state index contributed by atoms with van der Waals surface area (Å²) in [5.74, 6) is 1.12. The van der Waals surface area contributed by atoms with Crippen molar-refractivity contribution in [2.75, 3.05) is 0 Å². The van der Waals surface area contributed by atoms with E-state index in [2.05, 4.69) is 93.7 Å². The minimum Gasteiger partial charge on any atom is -1.00 e. The van der Waals surface area contributed by atoms with Crippen LogP contribution in [0.2, 0.25) is 26.2 Å². The van der Waals surface area contributed by atoms with Crippen molar-refractivity contribution in [2.45, 2.75) is 235 Å². The van der Waals surface area contributed by atoms with Crippen LogP contribution >= 0.6 is 0 Å². The van der Waals surface area contributed by atoms with E-state index < -0.39 is 0 Å². The average Bonchev–Trinajstić information content (AvgIpc) is 3.43. The molecule has 2 fully saturated rings.